The van der Waals surface area contributed by atoms with Crippen molar-refractivity contribution in [2.45, 2.75) is 38.8 Å². The van der Waals surface area contributed by atoms with E-state index in [2.05, 4.69) is 27.9 Å². The zero-order valence-corrected chi connectivity index (χ0v) is 13.2. The molecule has 1 rings (SSSR count). The fourth-order valence-corrected chi connectivity index (χ4v) is 1.69. The lowest BCUT2D eigenvalue weighted by Crippen LogP contribution is -2.57. The summed E-state index contributed by atoms with van der Waals surface area (Å²) in [6, 6.07) is 5.10. The van der Waals surface area contributed by atoms with Crippen molar-refractivity contribution in [3.8, 4) is 0 Å². The van der Waals surface area contributed by atoms with Crippen LogP contribution in [0.2, 0.25) is 0 Å². The monoisotopic (exact) mass is 362 g/mol. The summed E-state index contributed by atoms with van der Waals surface area (Å²) < 4.78 is 0.835. The van der Waals surface area contributed by atoms with Gasteiger partial charge >= 0.3 is 0 Å². The molecule has 1 aromatic rings. The molecule has 0 spiro atoms. The summed E-state index contributed by atoms with van der Waals surface area (Å²) in [7, 11) is 0. The first-order valence-corrected chi connectivity index (χ1v) is 6.72. The van der Waals surface area contributed by atoms with Gasteiger partial charge in [0, 0.05) is 14.8 Å². The molecule has 0 radical (unpaired) electrons. The summed E-state index contributed by atoms with van der Waals surface area (Å²) >= 11 is 2.08. The van der Waals surface area contributed by atoms with Crippen molar-refractivity contribution in [3.63, 3.8) is 0 Å². The first-order chi connectivity index (χ1) is 8.04. The van der Waals surface area contributed by atoms with Crippen LogP contribution < -0.4 is 11.1 Å². The van der Waals surface area contributed by atoms with E-state index >= 15 is 0 Å². The van der Waals surface area contributed by atoms with Crippen LogP contribution in [-0.4, -0.2) is 22.2 Å². The average Bonchev–Trinajstić information content (AvgIpc) is 2.19. The molecule has 0 saturated heterocycles. The van der Waals surface area contributed by atoms with Crippen molar-refractivity contribution < 1.29 is 9.90 Å². The number of aliphatic hydroxyl groups is 1. The number of hydrogen-bond acceptors (Lipinski definition) is 3. The molecule has 0 heterocycles. The molecule has 0 aliphatic carbocycles. The highest BCUT2D eigenvalue weighted by atomic mass is 127. The van der Waals surface area contributed by atoms with Gasteiger partial charge in [-0.1, -0.05) is 0 Å². The van der Waals surface area contributed by atoms with Crippen LogP contribution in [0.25, 0.3) is 0 Å². The first-order valence-electron chi connectivity index (χ1n) is 5.64. The van der Waals surface area contributed by atoms with E-state index in [0.29, 0.717) is 11.3 Å². The lowest BCUT2D eigenvalue weighted by molar-refractivity contribution is -0.00292. The van der Waals surface area contributed by atoms with E-state index in [1.54, 1.807) is 45.9 Å². The number of carbonyl (C=O) groups excluding carboxylic acids is 1. The summed E-state index contributed by atoms with van der Waals surface area (Å²) in [4.78, 5) is 12.1. The molecule has 0 aliphatic rings. The summed E-state index contributed by atoms with van der Waals surface area (Å²) in [5, 5.41) is 12.8. The van der Waals surface area contributed by atoms with Crippen LogP contribution in [0.4, 0.5) is 5.69 Å². The number of rotatable bonds is 3. The van der Waals surface area contributed by atoms with Gasteiger partial charge < -0.3 is 16.2 Å². The highest BCUT2D eigenvalue weighted by Gasteiger charge is 2.36. The van der Waals surface area contributed by atoms with Crippen LogP contribution in [0, 0.1) is 3.57 Å². The molecule has 0 unspecified atom stereocenters. The molecule has 0 aromatic heterocycles. The quantitative estimate of drug-likeness (QED) is 0.570. The lowest BCUT2D eigenvalue weighted by atomic mass is 9.86. The molecule has 0 bridgehead atoms. The van der Waals surface area contributed by atoms with E-state index in [1.165, 1.54) is 0 Å². The van der Waals surface area contributed by atoms with E-state index in [-0.39, 0.29) is 5.91 Å². The van der Waals surface area contributed by atoms with E-state index in [1.807, 2.05) is 0 Å². The average molecular weight is 362 g/mol. The Kier molecular flexibility index (Phi) is 4.27. The van der Waals surface area contributed by atoms with Crippen molar-refractivity contribution in [2.24, 2.45) is 0 Å². The maximum absolute atomic E-state index is 12.1. The van der Waals surface area contributed by atoms with Crippen LogP contribution in [0.3, 0.4) is 0 Å². The predicted octanol–water partition coefficient (Wildman–Crippen LogP) is 2.15. The van der Waals surface area contributed by atoms with Gasteiger partial charge in [0.1, 0.15) is 0 Å². The molecule has 18 heavy (non-hydrogen) atoms. The van der Waals surface area contributed by atoms with Gasteiger partial charge in [0.05, 0.1) is 11.1 Å². The smallest absolute Gasteiger partial charge is 0.251 e. The number of nitrogens with one attached hydrogen (secondary N) is 1. The molecule has 100 valence electrons. The number of amides is 1. The lowest BCUT2D eigenvalue weighted by Gasteiger charge is -2.38. The Morgan fingerprint density at radius 2 is 1.89 bits per heavy atom. The van der Waals surface area contributed by atoms with Gasteiger partial charge in [-0.25, -0.2) is 0 Å². The number of carbonyl (C=O) groups is 1. The molecule has 0 saturated carbocycles. The second-order valence-electron chi connectivity index (χ2n) is 5.37. The molecular weight excluding hydrogens is 343 g/mol. The molecule has 0 atom stereocenters. The molecule has 5 heteroatoms. The third-order valence-electron chi connectivity index (χ3n) is 3.22. The van der Waals surface area contributed by atoms with Crippen LogP contribution in [0.1, 0.15) is 38.1 Å². The van der Waals surface area contributed by atoms with Gasteiger partial charge in [-0.2, -0.15) is 0 Å². The first kappa shape index (κ1) is 15.2. The van der Waals surface area contributed by atoms with Gasteiger partial charge in [0.2, 0.25) is 0 Å². The maximum Gasteiger partial charge on any atom is 0.251 e. The van der Waals surface area contributed by atoms with Gasteiger partial charge in [-0.3, -0.25) is 4.79 Å². The highest BCUT2D eigenvalue weighted by Crippen LogP contribution is 2.22. The van der Waals surface area contributed by atoms with Crippen LogP contribution >= 0.6 is 22.6 Å². The van der Waals surface area contributed by atoms with Gasteiger partial charge in [-0.05, 0) is 68.5 Å². The number of nitrogens with two attached hydrogens (primary N) is 1. The minimum Gasteiger partial charge on any atom is -0.398 e. The fourth-order valence-electron chi connectivity index (χ4n) is 1.18. The Morgan fingerprint density at radius 1 is 1.33 bits per heavy atom. The van der Waals surface area contributed by atoms with Crippen molar-refractivity contribution in [2.75, 3.05) is 5.73 Å². The van der Waals surface area contributed by atoms with Crippen molar-refractivity contribution >= 4 is 34.2 Å². The van der Waals surface area contributed by atoms with Crippen molar-refractivity contribution in [3.05, 3.63) is 27.3 Å². The van der Waals surface area contributed by atoms with E-state index in [0.717, 1.165) is 3.57 Å². The second-order valence-corrected chi connectivity index (χ2v) is 6.54. The molecule has 4 nitrogen and oxygen atoms in total. The van der Waals surface area contributed by atoms with Crippen LogP contribution in [0.15, 0.2) is 18.2 Å². The molecule has 1 amide bonds. The summed E-state index contributed by atoms with van der Waals surface area (Å²) in [6.45, 7) is 6.90. The number of anilines is 1. The van der Waals surface area contributed by atoms with Crippen LogP contribution in [0.5, 0.6) is 0 Å². The minimum atomic E-state index is -1.01. The van der Waals surface area contributed by atoms with Crippen LogP contribution in [-0.2, 0) is 0 Å². The Balaban J connectivity index is 2.93. The highest BCUT2D eigenvalue weighted by molar-refractivity contribution is 14.1. The van der Waals surface area contributed by atoms with E-state index in [4.69, 9.17) is 5.73 Å². The third kappa shape index (κ3) is 3.35. The van der Waals surface area contributed by atoms with Gasteiger partial charge in [-0.15, -0.1) is 0 Å². The Hall–Kier alpha value is -0.820. The molecule has 4 N–H and O–H groups in total. The minimum absolute atomic E-state index is 0.222. The molecule has 0 fully saturated rings. The zero-order valence-electron chi connectivity index (χ0n) is 11.0. The summed E-state index contributed by atoms with van der Waals surface area (Å²) in [6.07, 6.45) is 0. The van der Waals surface area contributed by atoms with Crippen molar-refractivity contribution in [1.29, 1.82) is 0 Å². The maximum atomic E-state index is 12.1. The number of nitrogen functional groups attached to an aromatic ring is 1. The standard InChI is InChI=1S/C13H19IN2O2/c1-12(2,13(3,4)18)16-11(17)8-5-6-10(15)9(14)7-8/h5-7,18H,15H2,1-4H3,(H,16,17). The summed E-state index contributed by atoms with van der Waals surface area (Å²) in [5.41, 5.74) is 5.15. The Morgan fingerprint density at radius 3 is 2.33 bits per heavy atom. The Labute approximate surface area is 121 Å². The van der Waals surface area contributed by atoms with Gasteiger partial charge in [0.15, 0.2) is 0 Å². The SMILES string of the molecule is CC(C)(O)C(C)(C)NC(=O)c1ccc(N)c(I)c1. The van der Waals surface area contributed by atoms with E-state index < -0.39 is 11.1 Å². The van der Waals surface area contributed by atoms with Gasteiger partial charge in [0.25, 0.3) is 5.91 Å². The fraction of sp³-hybridized carbons (Fsp3) is 0.462. The molecule has 0 aliphatic heterocycles. The second kappa shape index (κ2) is 5.05. The largest absolute Gasteiger partial charge is 0.398 e. The number of halogens is 1. The third-order valence-corrected chi connectivity index (χ3v) is 4.15. The predicted molar refractivity (Wildman–Crippen MR) is 81.4 cm³/mol. The Bertz CT molecular complexity index is 465. The summed E-state index contributed by atoms with van der Waals surface area (Å²) in [5.74, 6) is -0.222. The zero-order chi connectivity index (χ0) is 14.1. The topological polar surface area (TPSA) is 75.3 Å². The van der Waals surface area contributed by atoms with E-state index in [9.17, 15) is 9.90 Å². The number of hydrogen-bond donors (Lipinski definition) is 3. The molecule has 1 aromatic carbocycles. The molecular formula is C13H19IN2O2. The van der Waals surface area contributed by atoms with Crippen molar-refractivity contribution in [1.82, 2.24) is 5.32 Å². The normalized spacial score (nSPS) is 12.3. The number of benzene rings is 1.